The Balaban J connectivity index is 1.60. The lowest BCUT2D eigenvalue weighted by molar-refractivity contribution is -0.123. The molecule has 0 radical (unpaired) electrons. The molecule has 26 heavy (non-hydrogen) atoms. The molecule has 0 saturated carbocycles. The summed E-state index contributed by atoms with van der Waals surface area (Å²) in [5.74, 6) is -0.155. The number of benzene rings is 3. The van der Waals surface area contributed by atoms with E-state index in [4.69, 9.17) is 39.5 Å². The van der Waals surface area contributed by atoms with Gasteiger partial charge < -0.3 is 4.74 Å². The Kier molecular flexibility index (Phi) is 5.99. The first-order chi connectivity index (χ1) is 12.5. The molecule has 0 heterocycles. The van der Waals surface area contributed by atoms with E-state index in [1.165, 1.54) is 12.1 Å². The molecule has 3 aromatic carbocycles. The summed E-state index contributed by atoms with van der Waals surface area (Å²) in [6.07, 6.45) is 1.59. The number of halogens is 3. The molecule has 0 aliphatic carbocycles. The minimum absolute atomic E-state index is 0.259. The van der Waals surface area contributed by atoms with Gasteiger partial charge in [-0.25, -0.2) is 5.43 Å². The van der Waals surface area contributed by atoms with Crippen LogP contribution >= 0.6 is 34.8 Å². The van der Waals surface area contributed by atoms with Crippen LogP contribution in [0.1, 0.15) is 5.56 Å². The van der Waals surface area contributed by atoms with Gasteiger partial charge >= 0.3 is 0 Å². The fraction of sp³-hybridized carbons (Fsp3) is 0.0526. The van der Waals surface area contributed by atoms with Crippen LogP contribution in [0.25, 0.3) is 10.8 Å². The third-order valence-corrected chi connectivity index (χ3v) is 4.57. The van der Waals surface area contributed by atoms with Crippen molar-refractivity contribution in [3.8, 4) is 5.75 Å². The predicted molar refractivity (Wildman–Crippen MR) is 107 cm³/mol. The quantitative estimate of drug-likeness (QED) is 0.353. The van der Waals surface area contributed by atoms with E-state index < -0.39 is 5.91 Å². The minimum atomic E-state index is -0.427. The maximum Gasteiger partial charge on any atom is 0.277 e. The molecule has 0 unspecified atom stereocenters. The number of hydrogen-bond acceptors (Lipinski definition) is 3. The van der Waals surface area contributed by atoms with E-state index >= 15 is 0 Å². The summed E-state index contributed by atoms with van der Waals surface area (Å²) in [7, 11) is 0. The molecule has 3 rings (SSSR count). The summed E-state index contributed by atoms with van der Waals surface area (Å²) < 4.78 is 5.35. The highest BCUT2D eigenvalue weighted by atomic mass is 35.5. The van der Waals surface area contributed by atoms with Crippen LogP contribution in [-0.4, -0.2) is 18.7 Å². The topological polar surface area (TPSA) is 50.7 Å². The van der Waals surface area contributed by atoms with E-state index in [2.05, 4.69) is 10.5 Å². The molecule has 0 aromatic heterocycles. The van der Waals surface area contributed by atoms with Crippen molar-refractivity contribution in [1.82, 2.24) is 5.43 Å². The molecule has 0 bridgehead atoms. The monoisotopic (exact) mass is 406 g/mol. The fourth-order valence-electron chi connectivity index (χ4n) is 2.33. The van der Waals surface area contributed by atoms with Crippen molar-refractivity contribution in [1.29, 1.82) is 0 Å². The zero-order chi connectivity index (χ0) is 18.5. The zero-order valence-corrected chi connectivity index (χ0v) is 15.6. The Hall–Kier alpha value is -2.27. The normalized spacial score (nSPS) is 11.0. The lowest BCUT2D eigenvalue weighted by Gasteiger charge is -2.08. The molecule has 1 N–H and O–H groups in total. The average molecular weight is 408 g/mol. The Labute approximate surface area is 165 Å². The smallest absolute Gasteiger partial charge is 0.277 e. The summed E-state index contributed by atoms with van der Waals surface area (Å²) in [4.78, 5) is 11.9. The highest BCUT2D eigenvalue weighted by molar-refractivity contribution is 6.43. The van der Waals surface area contributed by atoms with E-state index in [1.807, 2.05) is 42.5 Å². The Morgan fingerprint density at radius 3 is 2.58 bits per heavy atom. The summed E-state index contributed by atoms with van der Waals surface area (Å²) in [6, 6.07) is 16.7. The Morgan fingerprint density at radius 1 is 1.00 bits per heavy atom. The Morgan fingerprint density at radius 2 is 1.73 bits per heavy atom. The first kappa shape index (κ1) is 18.5. The molecule has 3 aromatic rings. The molecule has 132 valence electrons. The number of carbonyl (C=O) groups excluding carboxylic acids is 1. The molecule has 0 fully saturated rings. The number of rotatable bonds is 5. The van der Waals surface area contributed by atoms with Gasteiger partial charge in [-0.1, -0.05) is 77.3 Å². The van der Waals surface area contributed by atoms with Crippen molar-refractivity contribution in [3.05, 3.63) is 75.2 Å². The van der Waals surface area contributed by atoms with Crippen LogP contribution in [0, 0.1) is 0 Å². The number of ether oxygens (including phenoxy) is 1. The van der Waals surface area contributed by atoms with Gasteiger partial charge in [-0.3, -0.25) is 4.79 Å². The maximum atomic E-state index is 11.9. The second-order valence-electron chi connectivity index (χ2n) is 5.35. The van der Waals surface area contributed by atoms with Crippen molar-refractivity contribution < 1.29 is 9.53 Å². The first-order valence-corrected chi connectivity index (χ1v) is 8.75. The zero-order valence-electron chi connectivity index (χ0n) is 13.4. The van der Waals surface area contributed by atoms with Gasteiger partial charge in [0.25, 0.3) is 5.91 Å². The Bertz CT molecular complexity index is 984. The standard InChI is InChI=1S/C19H13Cl3N2O2/c20-15-8-17(22)18(9-16(15)21)26-11-19(25)24-23-10-13-6-3-5-12-4-1-2-7-14(12)13/h1-10H,11H2,(H,24,25). The molecule has 1 amide bonds. The van der Waals surface area contributed by atoms with Crippen LogP contribution in [0.4, 0.5) is 0 Å². The van der Waals surface area contributed by atoms with Crippen molar-refractivity contribution in [2.45, 2.75) is 0 Å². The highest BCUT2D eigenvalue weighted by Crippen LogP contribution is 2.33. The van der Waals surface area contributed by atoms with Crippen LogP contribution in [0.5, 0.6) is 5.75 Å². The molecule has 0 aliphatic heterocycles. The van der Waals surface area contributed by atoms with Crippen molar-refractivity contribution >= 4 is 57.7 Å². The van der Waals surface area contributed by atoms with Crippen LogP contribution in [0.2, 0.25) is 15.1 Å². The minimum Gasteiger partial charge on any atom is -0.482 e. The summed E-state index contributed by atoms with van der Waals surface area (Å²) >= 11 is 17.7. The third kappa shape index (κ3) is 4.47. The third-order valence-electron chi connectivity index (χ3n) is 3.55. The molecule has 0 spiro atoms. The number of nitrogens with one attached hydrogen (secondary N) is 1. The molecular weight excluding hydrogens is 395 g/mol. The molecule has 7 heteroatoms. The van der Waals surface area contributed by atoms with Gasteiger partial charge in [-0.2, -0.15) is 5.10 Å². The second kappa shape index (κ2) is 8.41. The van der Waals surface area contributed by atoms with Gasteiger partial charge in [0.1, 0.15) is 5.75 Å². The summed E-state index contributed by atoms with van der Waals surface area (Å²) in [5, 5.41) is 6.99. The van der Waals surface area contributed by atoms with Crippen LogP contribution in [0.3, 0.4) is 0 Å². The van der Waals surface area contributed by atoms with Crippen molar-refractivity contribution in [2.24, 2.45) is 5.10 Å². The van der Waals surface area contributed by atoms with E-state index in [0.717, 1.165) is 16.3 Å². The van der Waals surface area contributed by atoms with Crippen molar-refractivity contribution in [3.63, 3.8) is 0 Å². The predicted octanol–water partition coefficient (Wildman–Crippen LogP) is 5.33. The maximum absolute atomic E-state index is 11.9. The summed E-state index contributed by atoms with van der Waals surface area (Å²) in [5.41, 5.74) is 3.31. The molecular formula is C19H13Cl3N2O2. The number of nitrogens with zero attached hydrogens (tertiary/aromatic N) is 1. The lowest BCUT2D eigenvalue weighted by atomic mass is 10.1. The van der Waals surface area contributed by atoms with Gasteiger partial charge in [-0.15, -0.1) is 0 Å². The van der Waals surface area contributed by atoms with Crippen LogP contribution in [-0.2, 0) is 4.79 Å². The number of hydrazone groups is 1. The van der Waals surface area contributed by atoms with Gasteiger partial charge in [0.05, 0.1) is 21.3 Å². The van der Waals surface area contributed by atoms with Crippen molar-refractivity contribution in [2.75, 3.05) is 6.61 Å². The van der Waals surface area contributed by atoms with Gasteiger partial charge in [0.15, 0.2) is 6.61 Å². The number of hydrogen-bond donors (Lipinski definition) is 1. The largest absolute Gasteiger partial charge is 0.482 e. The number of carbonyl (C=O) groups is 1. The number of amides is 1. The highest BCUT2D eigenvalue weighted by Gasteiger charge is 2.09. The van der Waals surface area contributed by atoms with E-state index in [9.17, 15) is 4.79 Å². The van der Waals surface area contributed by atoms with E-state index in [0.29, 0.717) is 10.0 Å². The van der Waals surface area contributed by atoms with Gasteiger partial charge in [-0.05, 0) is 16.8 Å². The second-order valence-corrected chi connectivity index (χ2v) is 6.57. The lowest BCUT2D eigenvalue weighted by Crippen LogP contribution is -2.24. The van der Waals surface area contributed by atoms with E-state index in [-0.39, 0.29) is 17.4 Å². The van der Waals surface area contributed by atoms with Gasteiger partial charge in [0.2, 0.25) is 0 Å². The van der Waals surface area contributed by atoms with Crippen LogP contribution in [0.15, 0.2) is 59.7 Å². The van der Waals surface area contributed by atoms with Gasteiger partial charge in [0, 0.05) is 11.6 Å². The average Bonchev–Trinajstić information content (AvgIpc) is 2.64. The molecule has 0 atom stereocenters. The first-order valence-electron chi connectivity index (χ1n) is 7.61. The number of fused-ring (bicyclic) bond motifs is 1. The van der Waals surface area contributed by atoms with E-state index in [1.54, 1.807) is 6.21 Å². The molecule has 0 saturated heterocycles. The van der Waals surface area contributed by atoms with Crippen LogP contribution < -0.4 is 10.2 Å². The fourth-order valence-corrected chi connectivity index (χ4v) is 2.92. The SMILES string of the molecule is O=C(COc1cc(Cl)c(Cl)cc1Cl)NN=Cc1cccc2ccccc12. The molecule has 0 aliphatic rings. The summed E-state index contributed by atoms with van der Waals surface area (Å²) in [6.45, 7) is -0.259. The molecule has 4 nitrogen and oxygen atoms in total.